The van der Waals surface area contributed by atoms with Gasteiger partial charge in [0.25, 0.3) is 0 Å². The van der Waals surface area contributed by atoms with Crippen LogP contribution in [-0.2, 0) is 0 Å². The van der Waals surface area contributed by atoms with E-state index in [-0.39, 0.29) is 0 Å². The fraction of sp³-hybridized carbons (Fsp3) is 0.400. The first-order valence-electron chi connectivity index (χ1n) is 4.38. The van der Waals surface area contributed by atoms with Gasteiger partial charge in [0.2, 0.25) is 0 Å². The van der Waals surface area contributed by atoms with E-state index in [9.17, 15) is 0 Å². The van der Waals surface area contributed by atoms with E-state index in [1.165, 1.54) is 6.42 Å². The van der Waals surface area contributed by atoms with Gasteiger partial charge in [0.1, 0.15) is 5.75 Å². The number of anilines is 1. The van der Waals surface area contributed by atoms with Crippen LogP contribution in [0, 0.1) is 0 Å². The van der Waals surface area contributed by atoms with Crippen LogP contribution in [0.3, 0.4) is 0 Å². The van der Waals surface area contributed by atoms with Crippen molar-refractivity contribution in [1.29, 1.82) is 0 Å². The van der Waals surface area contributed by atoms with E-state index in [1.54, 1.807) is 19.1 Å². The van der Waals surface area contributed by atoms with E-state index in [0.29, 0.717) is 0 Å². The summed E-state index contributed by atoms with van der Waals surface area (Å²) >= 11 is 1.73. The van der Waals surface area contributed by atoms with E-state index >= 15 is 0 Å². The summed E-state index contributed by atoms with van der Waals surface area (Å²) in [6.45, 7) is 2.17. The molecule has 0 heterocycles. The molecule has 0 atom stereocenters. The van der Waals surface area contributed by atoms with E-state index in [0.717, 1.165) is 17.2 Å². The van der Waals surface area contributed by atoms with Crippen molar-refractivity contribution in [2.45, 2.75) is 13.3 Å². The number of methoxy groups -OCH3 is 1. The van der Waals surface area contributed by atoms with Crippen molar-refractivity contribution in [3.63, 3.8) is 0 Å². The van der Waals surface area contributed by atoms with Crippen molar-refractivity contribution in [3.05, 3.63) is 24.3 Å². The first-order valence-corrected chi connectivity index (χ1v) is 5.37. The Labute approximate surface area is 83.8 Å². The Kier molecular flexibility index (Phi) is 4.54. The van der Waals surface area contributed by atoms with Crippen molar-refractivity contribution in [1.82, 2.24) is 0 Å². The summed E-state index contributed by atoms with van der Waals surface area (Å²) in [5.41, 5.74) is 1.12. The minimum Gasteiger partial charge on any atom is -0.497 e. The zero-order valence-electron chi connectivity index (χ0n) is 8.04. The molecule has 13 heavy (non-hydrogen) atoms. The van der Waals surface area contributed by atoms with Crippen LogP contribution in [0.15, 0.2) is 24.3 Å². The van der Waals surface area contributed by atoms with Gasteiger partial charge in [-0.2, -0.15) is 0 Å². The van der Waals surface area contributed by atoms with Crippen molar-refractivity contribution < 1.29 is 4.74 Å². The molecule has 0 amide bonds. The first kappa shape index (κ1) is 10.3. The Morgan fingerprint density at radius 3 is 2.54 bits per heavy atom. The highest BCUT2D eigenvalue weighted by molar-refractivity contribution is 8.00. The Hall–Kier alpha value is -0.830. The molecule has 0 spiro atoms. The number of hydrogen-bond donors (Lipinski definition) is 1. The molecule has 72 valence electrons. The van der Waals surface area contributed by atoms with Gasteiger partial charge in [0.15, 0.2) is 0 Å². The summed E-state index contributed by atoms with van der Waals surface area (Å²) in [7, 11) is 1.67. The van der Waals surface area contributed by atoms with Gasteiger partial charge in [-0.05, 0) is 30.7 Å². The van der Waals surface area contributed by atoms with Gasteiger partial charge in [0, 0.05) is 11.4 Å². The van der Waals surface area contributed by atoms with Gasteiger partial charge in [-0.3, -0.25) is 0 Å². The molecule has 0 saturated carbocycles. The quantitative estimate of drug-likeness (QED) is 0.578. The molecule has 1 aromatic rings. The molecule has 0 bridgehead atoms. The number of hydrogen-bond acceptors (Lipinski definition) is 3. The predicted octanol–water partition coefficient (Wildman–Crippen LogP) is 3.17. The SMILES string of the molecule is CCCSNc1ccc(OC)cc1. The van der Waals surface area contributed by atoms with Crippen molar-refractivity contribution in [2.24, 2.45) is 0 Å². The lowest BCUT2D eigenvalue weighted by Gasteiger charge is -2.05. The van der Waals surface area contributed by atoms with Gasteiger partial charge in [-0.15, -0.1) is 0 Å². The van der Waals surface area contributed by atoms with Crippen LogP contribution >= 0.6 is 11.9 Å². The lowest BCUT2D eigenvalue weighted by Crippen LogP contribution is -1.88. The summed E-state index contributed by atoms with van der Waals surface area (Å²) in [5, 5.41) is 0. The third-order valence-corrected chi connectivity index (χ3v) is 2.58. The highest BCUT2D eigenvalue weighted by atomic mass is 32.2. The summed E-state index contributed by atoms with van der Waals surface area (Å²) in [4.78, 5) is 0. The highest BCUT2D eigenvalue weighted by Gasteiger charge is 1.92. The zero-order chi connectivity index (χ0) is 9.52. The molecule has 0 aliphatic heterocycles. The zero-order valence-corrected chi connectivity index (χ0v) is 8.86. The Balaban J connectivity index is 2.40. The van der Waals surface area contributed by atoms with Crippen LogP contribution < -0.4 is 9.46 Å². The summed E-state index contributed by atoms with van der Waals surface area (Å²) in [6.07, 6.45) is 1.19. The standard InChI is InChI=1S/C10H15NOS/c1-3-8-13-11-9-4-6-10(12-2)7-5-9/h4-7,11H,3,8H2,1-2H3. The molecule has 0 radical (unpaired) electrons. The monoisotopic (exact) mass is 197 g/mol. The summed E-state index contributed by atoms with van der Waals surface area (Å²) < 4.78 is 8.32. The molecule has 1 aromatic carbocycles. The maximum absolute atomic E-state index is 5.06. The average Bonchev–Trinajstić information content (AvgIpc) is 2.19. The number of nitrogens with one attached hydrogen (secondary N) is 1. The van der Waals surface area contributed by atoms with Crippen LogP contribution in [0.25, 0.3) is 0 Å². The maximum atomic E-state index is 5.06. The average molecular weight is 197 g/mol. The first-order chi connectivity index (χ1) is 6.36. The Morgan fingerprint density at radius 2 is 2.00 bits per heavy atom. The lowest BCUT2D eigenvalue weighted by atomic mass is 10.3. The predicted molar refractivity (Wildman–Crippen MR) is 59.4 cm³/mol. The molecule has 1 N–H and O–H groups in total. The third kappa shape index (κ3) is 3.59. The van der Waals surface area contributed by atoms with Crippen molar-refractivity contribution >= 4 is 17.6 Å². The topological polar surface area (TPSA) is 21.3 Å². The van der Waals surface area contributed by atoms with E-state index in [1.807, 2.05) is 24.3 Å². The van der Waals surface area contributed by atoms with Crippen molar-refractivity contribution in [3.8, 4) is 5.75 Å². The molecule has 0 saturated heterocycles. The molecule has 0 aliphatic rings. The van der Waals surface area contributed by atoms with Crippen LogP contribution in [-0.4, -0.2) is 12.9 Å². The highest BCUT2D eigenvalue weighted by Crippen LogP contribution is 2.17. The molecule has 0 aliphatic carbocycles. The largest absolute Gasteiger partial charge is 0.497 e. The fourth-order valence-corrected chi connectivity index (χ4v) is 1.50. The van der Waals surface area contributed by atoms with Gasteiger partial charge in [-0.25, -0.2) is 0 Å². The number of rotatable bonds is 5. The smallest absolute Gasteiger partial charge is 0.119 e. The van der Waals surface area contributed by atoms with Crippen LogP contribution in [0.1, 0.15) is 13.3 Å². The van der Waals surface area contributed by atoms with Crippen LogP contribution in [0.5, 0.6) is 5.75 Å². The normalized spacial score (nSPS) is 9.69. The van der Waals surface area contributed by atoms with E-state index in [4.69, 9.17) is 4.74 Å². The third-order valence-electron chi connectivity index (χ3n) is 1.59. The molecular weight excluding hydrogens is 182 g/mol. The molecule has 0 unspecified atom stereocenters. The fourth-order valence-electron chi connectivity index (χ4n) is 0.895. The summed E-state index contributed by atoms with van der Waals surface area (Å²) in [5.74, 6) is 2.03. The van der Waals surface area contributed by atoms with E-state index in [2.05, 4.69) is 11.6 Å². The maximum Gasteiger partial charge on any atom is 0.119 e. The molecule has 2 nitrogen and oxygen atoms in total. The van der Waals surface area contributed by atoms with Gasteiger partial charge >= 0.3 is 0 Å². The lowest BCUT2D eigenvalue weighted by molar-refractivity contribution is 0.415. The molecule has 3 heteroatoms. The molecule has 1 rings (SSSR count). The number of benzene rings is 1. The van der Waals surface area contributed by atoms with E-state index < -0.39 is 0 Å². The summed E-state index contributed by atoms with van der Waals surface area (Å²) in [6, 6.07) is 7.94. The minimum absolute atomic E-state index is 0.894. The van der Waals surface area contributed by atoms with Crippen LogP contribution in [0.2, 0.25) is 0 Å². The van der Waals surface area contributed by atoms with Gasteiger partial charge in [-0.1, -0.05) is 18.9 Å². The molecule has 0 aromatic heterocycles. The minimum atomic E-state index is 0.894. The van der Waals surface area contributed by atoms with Crippen LogP contribution in [0.4, 0.5) is 5.69 Å². The Bertz CT molecular complexity index is 235. The van der Waals surface area contributed by atoms with Gasteiger partial charge < -0.3 is 9.46 Å². The van der Waals surface area contributed by atoms with Crippen molar-refractivity contribution in [2.75, 3.05) is 17.6 Å². The second kappa shape index (κ2) is 5.75. The molecule has 0 fully saturated rings. The second-order valence-corrected chi connectivity index (χ2v) is 3.58. The van der Waals surface area contributed by atoms with Gasteiger partial charge in [0.05, 0.1) is 7.11 Å². The second-order valence-electron chi connectivity index (χ2n) is 2.68. The number of ether oxygens (including phenoxy) is 1. The Morgan fingerprint density at radius 1 is 1.31 bits per heavy atom. The molecular formula is C10H15NOS.